The van der Waals surface area contributed by atoms with Crippen LogP contribution in [0.5, 0.6) is 0 Å². The van der Waals surface area contributed by atoms with Gasteiger partial charge in [-0.15, -0.1) is 0 Å². The van der Waals surface area contributed by atoms with Crippen LogP contribution in [0.15, 0.2) is 18.3 Å². The Morgan fingerprint density at radius 2 is 2.00 bits per heavy atom. The van der Waals surface area contributed by atoms with Crippen molar-refractivity contribution in [1.82, 2.24) is 14.8 Å². The van der Waals surface area contributed by atoms with Gasteiger partial charge in [-0.3, -0.25) is 9.88 Å². The molecule has 3 rings (SSSR count). The number of hydrogen-bond donors (Lipinski definition) is 1. The number of alkyl halides is 3. The van der Waals surface area contributed by atoms with E-state index in [0.29, 0.717) is 32.5 Å². The lowest BCUT2D eigenvalue weighted by Gasteiger charge is -2.48. The van der Waals surface area contributed by atoms with E-state index in [1.165, 1.54) is 6.07 Å². The van der Waals surface area contributed by atoms with Crippen LogP contribution in [-0.4, -0.2) is 63.8 Å². The summed E-state index contributed by atoms with van der Waals surface area (Å²) in [6.45, 7) is 7.27. The number of piperazine rings is 1. The highest BCUT2D eigenvalue weighted by atomic mass is 19.4. The van der Waals surface area contributed by atoms with Gasteiger partial charge in [0.2, 0.25) is 0 Å². The molecule has 0 saturated carbocycles. The molecule has 0 aromatic carbocycles. The van der Waals surface area contributed by atoms with Crippen LogP contribution in [0.4, 0.5) is 18.0 Å². The first-order chi connectivity index (χ1) is 12.9. The smallest absolute Gasteiger partial charge is 0.417 e. The largest absolute Gasteiger partial charge is 0.444 e. The summed E-state index contributed by atoms with van der Waals surface area (Å²) in [6, 6.07) is 2.28. The number of amides is 1. The summed E-state index contributed by atoms with van der Waals surface area (Å²) in [5.74, 6) is 0. The quantitative estimate of drug-likeness (QED) is 0.784. The highest BCUT2D eigenvalue weighted by Gasteiger charge is 2.43. The normalized spacial score (nSPS) is 26.7. The van der Waals surface area contributed by atoms with Crippen LogP contribution in [0.2, 0.25) is 0 Å². The Bertz CT molecular complexity index is 718. The van der Waals surface area contributed by atoms with E-state index < -0.39 is 22.9 Å². The number of ether oxygens (including phenoxy) is 1. The third kappa shape index (κ3) is 4.57. The van der Waals surface area contributed by atoms with Crippen LogP contribution in [0.1, 0.15) is 44.9 Å². The molecule has 0 bridgehead atoms. The average Bonchev–Trinajstić information content (AvgIpc) is 2.59. The zero-order valence-corrected chi connectivity index (χ0v) is 16.3. The predicted molar refractivity (Wildman–Crippen MR) is 95.5 cm³/mol. The first kappa shape index (κ1) is 20.9. The molecule has 1 aromatic rings. The number of fused-ring (bicyclic) bond motifs is 1. The van der Waals surface area contributed by atoms with Crippen LogP contribution in [0.3, 0.4) is 0 Å². The predicted octanol–water partition coefficient (Wildman–Crippen LogP) is 3.00. The maximum absolute atomic E-state index is 12.7. The van der Waals surface area contributed by atoms with Crippen LogP contribution >= 0.6 is 0 Å². The maximum Gasteiger partial charge on any atom is 0.417 e. The van der Waals surface area contributed by atoms with Gasteiger partial charge in [-0.1, -0.05) is 0 Å². The number of hydrogen-bond acceptors (Lipinski definition) is 5. The molecule has 1 N–H and O–H groups in total. The molecule has 2 saturated heterocycles. The second-order valence-corrected chi connectivity index (χ2v) is 8.55. The molecular formula is C19H26F3N3O3. The van der Waals surface area contributed by atoms with Crippen molar-refractivity contribution in [3.63, 3.8) is 0 Å². The first-order valence-electron chi connectivity index (χ1n) is 9.35. The molecule has 9 heteroatoms. The van der Waals surface area contributed by atoms with Gasteiger partial charge in [0.25, 0.3) is 0 Å². The minimum absolute atomic E-state index is 0.0796. The molecule has 6 nitrogen and oxygen atoms in total. The van der Waals surface area contributed by atoms with Crippen molar-refractivity contribution in [2.24, 2.45) is 0 Å². The summed E-state index contributed by atoms with van der Waals surface area (Å²) in [5, 5.41) is 11.0. The molecule has 2 aliphatic heterocycles. The van der Waals surface area contributed by atoms with Crippen molar-refractivity contribution in [1.29, 1.82) is 0 Å². The fourth-order valence-electron chi connectivity index (χ4n) is 3.73. The lowest BCUT2D eigenvalue weighted by atomic mass is 9.84. The Hall–Kier alpha value is -1.87. The minimum Gasteiger partial charge on any atom is -0.444 e. The lowest BCUT2D eigenvalue weighted by Crippen LogP contribution is -2.61. The molecule has 0 aliphatic carbocycles. The molecule has 1 amide bonds. The van der Waals surface area contributed by atoms with E-state index >= 15 is 0 Å². The Morgan fingerprint density at radius 1 is 1.29 bits per heavy atom. The molecule has 0 unspecified atom stereocenters. The minimum atomic E-state index is -4.45. The van der Waals surface area contributed by atoms with Gasteiger partial charge in [-0.25, -0.2) is 4.79 Å². The van der Waals surface area contributed by atoms with Gasteiger partial charge in [0.05, 0.1) is 11.3 Å². The number of piperidine rings is 1. The van der Waals surface area contributed by atoms with E-state index in [1.54, 1.807) is 4.90 Å². The summed E-state index contributed by atoms with van der Waals surface area (Å²) >= 11 is 0. The third-order valence-corrected chi connectivity index (χ3v) is 5.18. The van der Waals surface area contributed by atoms with Gasteiger partial charge in [0, 0.05) is 38.4 Å². The Balaban J connectivity index is 1.65. The van der Waals surface area contributed by atoms with Crippen molar-refractivity contribution in [2.45, 2.75) is 57.0 Å². The molecule has 2 atom stereocenters. The molecule has 2 aliphatic rings. The van der Waals surface area contributed by atoms with Crippen LogP contribution in [0.25, 0.3) is 0 Å². The Kier molecular flexibility index (Phi) is 5.35. The van der Waals surface area contributed by atoms with Gasteiger partial charge in [-0.05, 0) is 45.7 Å². The van der Waals surface area contributed by atoms with Gasteiger partial charge in [0.15, 0.2) is 0 Å². The van der Waals surface area contributed by atoms with Crippen LogP contribution < -0.4 is 0 Å². The second-order valence-electron chi connectivity index (χ2n) is 8.55. The number of carbonyl (C=O) groups is 1. The molecule has 0 spiro atoms. The highest BCUT2D eigenvalue weighted by molar-refractivity contribution is 5.68. The van der Waals surface area contributed by atoms with Gasteiger partial charge in [0.1, 0.15) is 11.2 Å². The van der Waals surface area contributed by atoms with Crippen molar-refractivity contribution >= 4 is 6.09 Å². The molecule has 28 heavy (non-hydrogen) atoms. The van der Waals surface area contributed by atoms with Crippen LogP contribution in [-0.2, 0) is 16.5 Å². The standard InChI is InChI=1S/C19H26F3N3O3/c1-17(2,3)28-16(26)24-8-9-25-12-18(27,7-6-14(25)11-24)15-5-4-13(10-23-15)19(20,21)22/h4-5,10,14,27H,6-9,11-12H2,1-3H3/t14-,18-/m1/s1. The number of carbonyl (C=O) groups excluding carboxylic acids is 1. The molecule has 3 heterocycles. The number of pyridine rings is 1. The zero-order valence-electron chi connectivity index (χ0n) is 16.3. The van der Waals surface area contributed by atoms with Crippen molar-refractivity contribution in [3.05, 3.63) is 29.6 Å². The monoisotopic (exact) mass is 401 g/mol. The van der Waals surface area contributed by atoms with Crippen molar-refractivity contribution < 1.29 is 27.8 Å². The van der Waals surface area contributed by atoms with Gasteiger partial charge >= 0.3 is 12.3 Å². The Labute approximate surface area is 162 Å². The Morgan fingerprint density at radius 3 is 2.57 bits per heavy atom. The zero-order chi connectivity index (χ0) is 20.7. The third-order valence-electron chi connectivity index (χ3n) is 5.18. The molecule has 1 aromatic heterocycles. The number of aliphatic hydroxyl groups is 1. The highest BCUT2D eigenvalue weighted by Crippen LogP contribution is 2.36. The van der Waals surface area contributed by atoms with E-state index in [-0.39, 0.29) is 24.4 Å². The number of nitrogens with zero attached hydrogens (tertiary/aromatic N) is 3. The topological polar surface area (TPSA) is 65.9 Å². The first-order valence-corrected chi connectivity index (χ1v) is 9.35. The average molecular weight is 401 g/mol. The van der Waals surface area contributed by atoms with E-state index in [1.807, 2.05) is 20.8 Å². The van der Waals surface area contributed by atoms with E-state index in [2.05, 4.69) is 9.88 Å². The SMILES string of the molecule is CC(C)(C)OC(=O)N1CCN2C[C@@](O)(c3ccc(C(F)(F)F)cn3)CC[C@@H]2C1. The van der Waals surface area contributed by atoms with Gasteiger partial charge < -0.3 is 14.7 Å². The van der Waals surface area contributed by atoms with Crippen molar-refractivity contribution in [2.75, 3.05) is 26.2 Å². The number of rotatable bonds is 1. The number of halogens is 3. The fourth-order valence-corrected chi connectivity index (χ4v) is 3.73. The summed E-state index contributed by atoms with van der Waals surface area (Å²) < 4.78 is 43.6. The second kappa shape index (κ2) is 7.18. The van der Waals surface area contributed by atoms with E-state index in [9.17, 15) is 23.1 Å². The van der Waals surface area contributed by atoms with E-state index in [0.717, 1.165) is 12.3 Å². The summed E-state index contributed by atoms with van der Waals surface area (Å²) in [6.07, 6.45) is -3.06. The summed E-state index contributed by atoms with van der Waals surface area (Å²) in [7, 11) is 0. The molecular weight excluding hydrogens is 375 g/mol. The summed E-state index contributed by atoms with van der Waals surface area (Å²) in [4.78, 5) is 19.9. The molecule has 2 fully saturated rings. The van der Waals surface area contributed by atoms with Crippen LogP contribution in [0, 0.1) is 0 Å². The van der Waals surface area contributed by atoms with Gasteiger partial charge in [-0.2, -0.15) is 13.2 Å². The van der Waals surface area contributed by atoms with Crippen molar-refractivity contribution in [3.8, 4) is 0 Å². The number of aromatic nitrogens is 1. The van der Waals surface area contributed by atoms with E-state index in [4.69, 9.17) is 4.74 Å². The lowest BCUT2D eigenvalue weighted by molar-refractivity contribution is -0.138. The molecule has 0 radical (unpaired) electrons. The summed E-state index contributed by atoms with van der Waals surface area (Å²) in [5.41, 5.74) is -2.45. The maximum atomic E-state index is 12.7. The fraction of sp³-hybridized carbons (Fsp3) is 0.684. The molecule has 156 valence electrons.